The van der Waals surface area contributed by atoms with Crippen molar-refractivity contribution in [3.8, 4) is 0 Å². The summed E-state index contributed by atoms with van der Waals surface area (Å²) in [6.07, 6.45) is -0.102. The van der Waals surface area contributed by atoms with Gasteiger partial charge < -0.3 is 26.2 Å². The standard InChI is InChI=1S/C17H31N3O6/c1-10(2)9-12(20-16(25)26-17(3,4)5)14(22)19-11(15(23)24)7-6-8-13(18)21/h10-12H,6-9H2,1-5H3,(H2,18,21)(H,19,22)(H,20,25)(H,23,24)/t11-,12+/m1/s1. The highest BCUT2D eigenvalue weighted by Gasteiger charge is 2.28. The Morgan fingerprint density at radius 3 is 2.08 bits per heavy atom. The van der Waals surface area contributed by atoms with E-state index in [1.807, 2.05) is 13.8 Å². The number of carboxylic acid groups (broad SMARTS) is 1. The summed E-state index contributed by atoms with van der Waals surface area (Å²) >= 11 is 0. The van der Waals surface area contributed by atoms with E-state index >= 15 is 0 Å². The summed E-state index contributed by atoms with van der Waals surface area (Å²) in [4.78, 5) is 46.5. The topological polar surface area (TPSA) is 148 Å². The van der Waals surface area contributed by atoms with E-state index in [-0.39, 0.29) is 25.2 Å². The predicted molar refractivity (Wildman–Crippen MR) is 95.2 cm³/mol. The van der Waals surface area contributed by atoms with Crippen molar-refractivity contribution in [1.82, 2.24) is 10.6 Å². The normalized spacial score (nSPS) is 13.6. The van der Waals surface area contributed by atoms with Crippen LogP contribution in [0.25, 0.3) is 0 Å². The van der Waals surface area contributed by atoms with E-state index in [9.17, 15) is 24.3 Å². The van der Waals surface area contributed by atoms with Gasteiger partial charge in [-0.25, -0.2) is 9.59 Å². The molecule has 0 heterocycles. The highest BCUT2D eigenvalue weighted by atomic mass is 16.6. The molecule has 0 bridgehead atoms. The molecule has 0 aliphatic heterocycles. The summed E-state index contributed by atoms with van der Waals surface area (Å²) in [6.45, 7) is 8.84. The summed E-state index contributed by atoms with van der Waals surface area (Å²) in [6, 6.07) is -2.10. The Morgan fingerprint density at radius 2 is 1.65 bits per heavy atom. The minimum atomic E-state index is -1.22. The van der Waals surface area contributed by atoms with Crippen LogP contribution >= 0.6 is 0 Å². The van der Waals surface area contributed by atoms with Gasteiger partial charge in [-0.05, 0) is 46.0 Å². The Morgan fingerprint density at radius 1 is 1.08 bits per heavy atom. The third kappa shape index (κ3) is 11.3. The molecule has 0 saturated carbocycles. The van der Waals surface area contributed by atoms with E-state index in [1.165, 1.54) is 0 Å². The lowest BCUT2D eigenvalue weighted by Crippen LogP contribution is -2.52. The third-order valence-corrected chi connectivity index (χ3v) is 3.25. The number of hydrogen-bond acceptors (Lipinski definition) is 5. The molecule has 0 aliphatic rings. The number of amides is 3. The van der Waals surface area contributed by atoms with Gasteiger partial charge >= 0.3 is 12.1 Å². The number of nitrogens with two attached hydrogens (primary N) is 1. The summed E-state index contributed by atoms with van der Waals surface area (Å²) < 4.78 is 5.15. The minimum absolute atomic E-state index is 0.0330. The van der Waals surface area contributed by atoms with Crippen LogP contribution < -0.4 is 16.4 Å². The molecule has 0 fully saturated rings. The second-order valence-electron chi connectivity index (χ2n) is 7.59. The number of alkyl carbamates (subject to hydrolysis) is 1. The molecule has 3 amide bonds. The lowest BCUT2D eigenvalue weighted by molar-refractivity contribution is -0.142. The molecule has 2 atom stereocenters. The maximum atomic E-state index is 12.5. The fraction of sp³-hybridized carbons (Fsp3) is 0.765. The van der Waals surface area contributed by atoms with Gasteiger partial charge in [-0.2, -0.15) is 0 Å². The number of hydrogen-bond donors (Lipinski definition) is 4. The van der Waals surface area contributed by atoms with Crippen molar-refractivity contribution < 1.29 is 29.0 Å². The lowest BCUT2D eigenvalue weighted by Gasteiger charge is -2.25. The molecule has 26 heavy (non-hydrogen) atoms. The quantitative estimate of drug-likeness (QED) is 0.451. The fourth-order valence-corrected chi connectivity index (χ4v) is 2.16. The Bertz CT molecular complexity index is 513. The maximum absolute atomic E-state index is 12.5. The van der Waals surface area contributed by atoms with Gasteiger partial charge in [0, 0.05) is 6.42 Å². The van der Waals surface area contributed by atoms with Crippen LogP contribution in [-0.2, 0) is 19.1 Å². The molecule has 9 nitrogen and oxygen atoms in total. The van der Waals surface area contributed by atoms with E-state index in [1.54, 1.807) is 20.8 Å². The second-order valence-corrected chi connectivity index (χ2v) is 7.59. The third-order valence-electron chi connectivity index (χ3n) is 3.25. The zero-order chi connectivity index (χ0) is 20.5. The van der Waals surface area contributed by atoms with Crippen LogP contribution in [0, 0.1) is 5.92 Å². The van der Waals surface area contributed by atoms with Gasteiger partial charge in [0.05, 0.1) is 0 Å². The molecule has 0 aromatic carbocycles. The number of ether oxygens (including phenoxy) is 1. The predicted octanol–water partition coefficient (Wildman–Crippen LogP) is 1.15. The van der Waals surface area contributed by atoms with E-state index < -0.39 is 41.6 Å². The molecule has 150 valence electrons. The van der Waals surface area contributed by atoms with Crippen molar-refractivity contribution in [2.75, 3.05) is 0 Å². The molecule has 0 aromatic rings. The molecule has 0 rings (SSSR count). The van der Waals surface area contributed by atoms with Gasteiger partial charge in [-0.3, -0.25) is 9.59 Å². The van der Waals surface area contributed by atoms with Gasteiger partial charge in [0.1, 0.15) is 17.7 Å². The van der Waals surface area contributed by atoms with Crippen molar-refractivity contribution in [3.05, 3.63) is 0 Å². The number of carbonyl (C=O) groups excluding carboxylic acids is 3. The Hall–Kier alpha value is -2.32. The smallest absolute Gasteiger partial charge is 0.408 e. The number of carboxylic acids is 1. The first-order valence-electron chi connectivity index (χ1n) is 8.62. The average molecular weight is 373 g/mol. The zero-order valence-corrected chi connectivity index (χ0v) is 16.1. The number of carbonyl (C=O) groups is 4. The molecular formula is C17H31N3O6. The molecular weight excluding hydrogens is 342 g/mol. The van der Waals surface area contributed by atoms with Gasteiger partial charge in [0.2, 0.25) is 11.8 Å². The van der Waals surface area contributed by atoms with Crippen LogP contribution in [0.15, 0.2) is 0 Å². The number of primary amides is 1. The molecule has 0 unspecified atom stereocenters. The van der Waals surface area contributed by atoms with Gasteiger partial charge in [-0.15, -0.1) is 0 Å². The molecule has 0 saturated heterocycles. The largest absolute Gasteiger partial charge is 0.480 e. The van der Waals surface area contributed by atoms with Crippen molar-refractivity contribution in [1.29, 1.82) is 0 Å². The first-order valence-corrected chi connectivity index (χ1v) is 8.62. The molecule has 0 radical (unpaired) electrons. The molecule has 5 N–H and O–H groups in total. The molecule has 0 aliphatic carbocycles. The lowest BCUT2D eigenvalue weighted by atomic mass is 10.0. The van der Waals surface area contributed by atoms with Crippen LogP contribution in [0.4, 0.5) is 4.79 Å². The number of aliphatic carboxylic acids is 1. The van der Waals surface area contributed by atoms with E-state index in [4.69, 9.17) is 10.5 Å². The van der Waals surface area contributed by atoms with Crippen LogP contribution in [0.5, 0.6) is 0 Å². The van der Waals surface area contributed by atoms with E-state index in [0.717, 1.165) is 0 Å². The molecule has 0 aromatic heterocycles. The highest BCUT2D eigenvalue weighted by Crippen LogP contribution is 2.10. The SMILES string of the molecule is CC(C)C[C@H](NC(=O)OC(C)(C)C)C(=O)N[C@H](CCCC(N)=O)C(=O)O. The van der Waals surface area contributed by atoms with Crippen LogP contribution in [0.3, 0.4) is 0 Å². The second kappa shape index (κ2) is 10.6. The van der Waals surface area contributed by atoms with Gasteiger partial charge in [-0.1, -0.05) is 13.8 Å². The van der Waals surface area contributed by atoms with Crippen LogP contribution in [0.1, 0.15) is 60.3 Å². The van der Waals surface area contributed by atoms with Crippen molar-refractivity contribution in [2.24, 2.45) is 11.7 Å². The zero-order valence-electron chi connectivity index (χ0n) is 16.1. The van der Waals surface area contributed by atoms with Crippen molar-refractivity contribution in [3.63, 3.8) is 0 Å². The number of rotatable bonds is 10. The van der Waals surface area contributed by atoms with Crippen LogP contribution in [0.2, 0.25) is 0 Å². The Labute approximate surface area is 154 Å². The van der Waals surface area contributed by atoms with E-state index in [2.05, 4.69) is 10.6 Å². The minimum Gasteiger partial charge on any atom is -0.480 e. The number of nitrogens with one attached hydrogen (secondary N) is 2. The summed E-state index contributed by atoms with van der Waals surface area (Å²) in [5.41, 5.74) is 4.31. The van der Waals surface area contributed by atoms with E-state index in [0.29, 0.717) is 6.42 Å². The molecule has 0 spiro atoms. The maximum Gasteiger partial charge on any atom is 0.408 e. The first-order chi connectivity index (χ1) is 11.8. The Balaban J connectivity index is 4.94. The van der Waals surface area contributed by atoms with Gasteiger partial charge in [0.15, 0.2) is 0 Å². The Kier molecular flexibility index (Phi) is 9.67. The molecule has 9 heteroatoms. The van der Waals surface area contributed by atoms with Gasteiger partial charge in [0.25, 0.3) is 0 Å². The summed E-state index contributed by atoms with van der Waals surface area (Å²) in [7, 11) is 0. The van der Waals surface area contributed by atoms with Crippen molar-refractivity contribution in [2.45, 2.75) is 78.0 Å². The van der Waals surface area contributed by atoms with Crippen molar-refractivity contribution >= 4 is 23.9 Å². The summed E-state index contributed by atoms with van der Waals surface area (Å²) in [5, 5.41) is 14.1. The monoisotopic (exact) mass is 373 g/mol. The van der Waals surface area contributed by atoms with Crippen LogP contribution in [-0.4, -0.2) is 46.7 Å². The first kappa shape index (κ1) is 23.7. The summed E-state index contributed by atoms with van der Waals surface area (Å²) in [5.74, 6) is -2.29. The highest BCUT2D eigenvalue weighted by molar-refractivity contribution is 5.89. The average Bonchev–Trinajstić information content (AvgIpc) is 2.42. The fourth-order valence-electron chi connectivity index (χ4n) is 2.16.